The van der Waals surface area contributed by atoms with Gasteiger partial charge < -0.3 is 9.47 Å². The average molecular weight is 348 g/mol. The molecule has 0 aliphatic heterocycles. The molecule has 2 aromatic heterocycles. The molecule has 0 atom stereocenters. The number of para-hydroxylation sites is 1. The molecular formula is C20H16N2O2S. The highest BCUT2D eigenvalue weighted by Gasteiger charge is 2.10. The minimum absolute atomic E-state index is 0.738. The molecule has 0 radical (unpaired) electrons. The van der Waals surface area contributed by atoms with E-state index in [4.69, 9.17) is 19.4 Å². The Bertz CT molecular complexity index is 987. The molecule has 0 aliphatic rings. The van der Waals surface area contributed by atoms with Gasteiger partial charge >= 0.3 is 0 Å². The number of pyridine rings is 1. The molecule has 0 saturated carbocycles. The van der Waals surface area contributed by atoms with E-state index >= 15 is 0 Å². The summed E-state index contributed by atoms with van der Waals surface area (Å²) < 4.78 is 11.9. The van der Waals surface area contributed by atoms with E-state index < -0.39 is 0 Å². The fraction of sp³-hybridized carbons (Fsp3) is 0.100. The van der Waals surface area contributed by atoms with Crippen LogP contribution in [0.15, 0.2) is 60.7 Å². The van der Waals surface area contributed by atoms with Crippen molar-refractivity contribution in [3.63, 3.8) is 0 Å². The van der Waals surface area contributed by atoms with Gasteiger partial charge in [0.15, 0.2) is 0 Å². The molecular weight excluding hydrogens is 332 g/mol. The summed E-state index contributed by atoms with van der Waals surface area (Å²) in [4.78, 5) is 9.49. The number of aromatic nitrogens is 2. The highest BCUT2D eigenvalue weighted by Crippen LogP contribution is 2.32. The molecule has 4 aromatic rings. The summed E-state index contributed by atoms with van der Waals surface area (Å²) in [6.45, 7) is 0. The van der Waals surface area contributed by atoms with E-state index in [9.17, 15) is 0 Å². The molecule has 124 valence electrons. The zero-order valence-corrected chi connectivity index (χ0v) is 14.7. The molecule has 0 unspecified atom stereocenters. The van der Waals surface area contributed by atoms with Crippen LogP contribution in [0.25, 0.3) is 32.2 Å². The van der Waals surface area contributed by atoms with E-state index in [0.717, 1.165) is 43.7 Å². The lowest BCUT2D eigenvalue weighted by molar-refractivity contribution is 0.394. The summed E-state index contributed by atoms with van der Waals surface area (Å²) in [7, 11) is 3.28. The zero-order valence-electron chi connectivity index (χ0n) is 13.9. The molecule has 25 heavy (non-hydrogen) atoms. The molecule has 0 saturated heterocycles. The van der Waals surface area contributed by atoms with Crippen molar-refractivity contribution in [2.75, 3.05) is 14.2 Å². The van der Waals surface area contributed by atoms with Crippen LogP contribution in [0.5, 0.6) is 11.5 Å². The van der Waals surface area contributed by atoms with Gasteiger partial charge in [-0.2, -0.15) is 0 Å². The van der Waals surface area contributed by atoms with Crippen LogP contribution >= 0.6 is 11.3 Å². The quantitative estimate of drug-likeness (QED) is 0.518. The van der Waals surface area contributed by atoms with Crippen molar-refractivity contribution in [3.8, 4) is 33.5 Å². The lowest BCUT2D eigenvalue weighted by atomic mass is 10.1. The summed E-state index contributed by atoms with van der Waals surface area (Å²) in [5, 5.41) is 0.915. The van der Waals surface area contributed by atoms with Gasteiger partial charge in [-0.25, -0.2) is 9.97 Å². The monoisotopic (exact) mass is 348 g/mol. The maximum absolute atomic E-state index is 5.36. The highest BCUT2D eigenvalue weighted by molar-refractivity contribution is 7.21. The number of hydrogen-bond acceptors (Lipinski definition) is 5. The normalized spacial score (nSPS) is 10.8. The summed E-state index contributed by atoms with van der Waals surface area (Å²) in [6.07, 6.45) is 0. The van der Waals surface area contributed by atoms with Crippen molar-refractivity contribution in [2.24, 2.45) is 0 Å². The highest BCUT2D eigenvalue weighted by atomic mass is 32.1. The molecule has 4 nitrogen and oxygen atoms in total. The lowest BCUT2D eigenvalue weighted by Gasteiger charge is -2.08. The molecule has 4 rings (SSSR count). The molecule has 0 fully saturated rings. The predicted molar refractivity (Wildman–Crippen MR) is 101 cm³/mol. The van der Waals surface area contributed by atoms with Crippen LogP contribution in [-0.4, -0.2) is 24.2 Å². The van der Waals surface area contributed by atoms with Crippen molar-refractivity contribution in [1.29, 1.82) is 0 Å². The number of benzene rings is 2. The molecule has 0 aliphatic carbocycles. The smallest absolute Gasteiger partial charge is 0.143 e. The number of ether oxygens (including phenoxy) is 2. The molecule has 2 aromatic carbocycles. The van der Waals surface area contributed by atoms with Gasteiger partial charge in [0.1, 0.15) is 16.5 Å². The second-order valence-corrected chi connectivity index (χ2v) is 6.53. The summed E-state index contributed by atoms with van der Waals surface area (Å²) in [5.74, 6) is 1.48. The summed E-state index contributed by atoms with van der Waals surface area (Å²) in [6, 6.07) is 19.8. The van der Waals surface area contributed by atoms with Crippen molar-refractivity contribution in [3.05, 3.63) is 60.7 Å². The Hall–Kier alpha value is -2.92. The van der Waals surface area contributed by atoms with E-state index in [2.05, 4.69) is 6.07 Å². The maximum atomic E-state index is 5.36. The van der Waals surface area contributed by atoms with E-state index in [1.54, 1.807) is 25.6 Å². The lowest BCUT2D eigenvalue weighted by Crippen LogP contribution is -1.91. The minimum atomic E-state index is 0.738. The van der Waals surface area contributed by atoms with Crippen molar-refractivity contribution < 1.29 is 9.47 Å². The second-order valence-electron chi connectivity index (χ2n) is 5.50. The van der Waals surface area contributed by atoms with Crippen LogP contribution in [0.3, 0.4) is 0 Å². The number of hydrogen-bond donors (Lipinski definition) is 0. The number of rotatable bonds is 4. The fourth-order valence-corrected chi connectivity index (χ4v) is 3.59. The summed E-state index contributed by atoms with van der Waals surface area (Å²) >= 11 is 1.65. The van der Waals surface area contributed by atoms with Crippen molar-refractivity contribution >= 4 is 21.6 Å². The Balaban J connectivity index is 1.79. The van der Waals surface area contributed by atoms with Crippen molar-refractivity contribution in [2.45, 2.75) is 0 Å². The third-order valence-corrected chi connectivity index (χ3v) is 4.97. The van der Waals surface area contributed by atoms with Gasteiger partial charge in [0, 0.05) is 11.6 Å². The first-order chi connectivity index (χ1) is 12.3. The molecule has 0 spiro atoms. The van der Waals surface area contributed by atoms with Crippen LogP contribution in [-0.2, 0) is 0 Å². The molecule has 0 amide bonds. The van der Waals surface area contributed by atoms with Gasteiger partial charge in [-0.05, 0) is 36.4 Å². The van der Waals surface area contributed by atoms with Gasteiger partial charge in [-0.15, -0.1) is 11.3 Å². The number of methoxy groups -OCH3 is 2. The van der Waals surface area contributed by atoms with Gasteiger partial charge in [0.2, 0.25) is 0 Å². The van der Waals surface area contributed by atoms with Gasteiger partial charge in [0.05, 0.1) is 35.8 Å². The topological polar surface area (TPSA) is 44.2 Å². The van der Waals surface area contributed by atoms with E-state index in [0.29, 0.717) is 0 Å². The third kappa shape index (κ3) is 3.06. The molecule has 2 heterocycles. The third-order valence-electron chi connectivity index (χ3n) is 3.91. The molecule has 0 bridgehead atoms. The van der Waals surface area contributed by atoms with E-state index in [1.807, 2.05) is 54.6 Å². The van der Waals surface area contributed by atoms with Crippen LogP contribution in [0.4, 0.5) is 0 Å². The Morgan fingerprint density at radius 2 is 1.48 bits per heavy atom. The SMILES string of the molecule is COc1cc(OC)cc(-c2cccc(-c3nc4ccccc4s3)n2)c1. The van der Waals surface area contributed by atoms with Gasteiger partial charge in [-0.1, -0.05) is 18.2 Å². The fourth-order valence-electron chi connectivity index (χ4n) is 2.65. The first-order valence-corrected chi connectivity index (χ1v) is 8.65. The average Bonchev–Trinajstić information content (AvgIpc) is 3.12. The largest absolute Gasteiger partial charge is 0.497 e. The zero-order chi connectivity index (χ0) is 17.2. The number of fused-ring (bicyclic) bond motifs is 1. The Kier molecular flexibility index (Phi) is 4.07. The Labute approximate surface area is 149 Å². The first-order valence-electron chi connectivity index (χ1n) is 7.83. The van der Waals surface area contributed by atoms with Gasteiger partial charge in [0.25, 0.3) is 0 Å². The number of thiazole rings is 1. The van der Waals surface area contributed by atoms with Crippen molar-refractivity contribution in [1.82, 2.24) is 9.97 Å². The summed E-state index contributed by atoms with van der Waals surface area (Å²) in [5.41, 5.74) is 3.66. The molecule has 0 N–H and O–H groups in total. The second kappa shape index (κ2) is 6.53. The maximum Gasteiger partial charge on any atom is 0.143 e. The standard InChI is InChI=1S/C20H16N2O2S/c1-23-14-10-13(11-15(12-14)24-2)16-7-5-8-18(21-16)20-22-17-6-3-4-9-19(17)25-20/h3-12H,1-2H3. The molecule has 5 heteroatoms. The number of nitrogens with zero attached hydrogens (tertiary/aromatic N) is 2. The van der Waals surface area contributed by atoms with Crippen LogP contribution in [0.2, 0.25) is 0 Å². The van der Waals surface area contributed by atoms with E-state index in [-0.39, 0.29) is 0 Å². The van der Waals surface area contributed by atoms with Crippen LogP contribution in [0.1, 0.15) is 0 Å². The Morgan fingerprint density at radius 3 is 2.20 bits per heavy atom. The van der Waals surface area contributed by atoms with Gasteiger partial charge in [-0.3, -0.25) is 0 Å². The van der Waals surface area contributed by atoms with E-state index in [1.165, 1.54) is 0 Å². The van der Waals surface area contributed by atoms with Crippen LogP contribution < -0.4 is 9.47 Å². The first kappa shape index (κ1) is 15.6. The minimum Gasteiger partial charge on any atom is -0.497 e. The van der Waals surface area contributed by atoms with Crippen LogP contribution in [0, 0.1) is 0 Å². The Morgan fingerprint density at radius 1 is 0.760 bits per heavy atom. The predicted octanol–water partition coefficient (Wildman–Crippen LogP) is 5.04.